The molecule has 0 aliphatic heterocycles. The molecule has 0 unspecified atom stereocenters. The van der Waals surface area contributed by atoms with E-state index in [-0.39, 0.29) is 0 Å². The molecule has 3 nitrogen and oxygen atoms in total. The SMILES string of the molecule is Cc1cc(CNCc2ccc(I)cc2)n(C)n1. The van der Waals surface area contributed by atoms with Gasteiger partial charge < -0.3 is 5.32 Å². The van der Waals surface area contributed by atoms with Crippen LogP contribution in [-0.4, -0.2) is 9.78 Å². The molecule has 4 heteroatoms. The van der Waals surface area contributed by atoms with Crippen LogP contribution in [0.25, 0.3) is 0 Å². The summed E-state index contributed by atoms with van der Waals surface area (Å²) in [5, 5.41) is 7.75. The number of aryl methyl sites for hydroxylation is 2. The Morgan fingerprint density at radius 1 is 1.24 bits per heavy atom. The van der Waals surface area contributed by atoms with E-state index in [1.807, 2.05) is 18.7 Å². The van der Waals surface area contributed by atoms with E-state index in [1.54, 1.807) is 0 Å². The molecular weight excluding hydrogens is 325 g/mol. The van der Waals surface area contributed by atoms with Crippen molar-refractivity contribution in [3.8, 4) is 0 Å². The molecule has 0 atom stereocenters. The molecule has 90 valence electrons. The molecular formula is C13H16IN3. The second kappa shape index (κ2) is 5.64. The fourth-order valence-corrected chi connectivity index (χ4v) is 2.13. The summed E-state index contributed by atoms with van der Waals surface area (Å²) in [7, 11) is 1.98. The lowest BCUT2D eigenvalue weighted by Gasteiger charge is -2.05. The summed E-state index contributed by atoms with van der Waals surface area (Å²) >= 11 is 2.32. The summed E-state index contributed by atoms with van der Waals surface area (Å²) in [6, 6.07) is 10.7. The van der Waals surface area contributed by atoms with Crippen molar-refractivity contribution in [1.82, 2.24) is 15.1 Å². The molecule has 0 fully saturated rings. The minimum atomic E-state index is 0.851. The van der Waals surface area contributed by atoms with Crippen LogP contribution in [0.15, 0.2) is 30.3 Å². The van der Waals surface area contributed by atoms with Crippen molar-refractivity contribution in [3.05, 3.63) is 50.9 Å². The Bertz CT molecular complexity index is 488. The zero-order valence-corrected chi connectivity index (χ0v) is 12.2. The normalized spacial score (nSPS) is 10.8. The number of aromatic nitrogens is 2. The molecule has 2 rings (SSSR count). The zero-order chi connectivity index (χ0) is 12.3. The molecule has 0 aliphatic rings. The maximum atomic E-state index is 4.32. The highest BCUT2D eigenvalue weighted by Crippen LogP contribution is 2.07. The van der Waals surface area contributed by atoms with E-state index in [4.69, 9.17) is 0 Å². The van der Waals surface area contributed by atoms with Gasteiger partial charge in [0.1, 0.15) is 0 Å². The lowest BCUT2D eigenvalue weighted by Crippen LogP contribution is -2.15. The highest BCUT2D eigenvalue weighted by molar-refractivity contribution is 14.1. The second-order valence-electron chi connectivity index (χ2n) is 4.13. The molecule has 0 radical (unpaired) electrons. The summed E-state index contributed by atoms with van der Waals surface area (Å²) in [6.07, 6.45) is 0. The molecule has 0 spiro atoms. The van der Waals surface area contributed by atoms with Gasteiger partial charge in [-0.1, -0.05) is 12.1 Å². The van der Waals surface area contributed by atoms with Crippen LogP contribution in [0.2, 0.25) is 0 Å². The van der Waals surface area contributed by atoms with Crippen LogP contribution >= 0.6 is 22.6 Å². The van der Waals surface area contributed by atoms with Gasteiger partial charge in [-0.2, -0.15) is 5.10 Å². The quantitative estimate of drug-likeness (QED) is 0.867. The predicted molar refractivity (Wildman–Crippen MR) is 77.6 cm³/mol. The van der Waals surface area contributed by atoms with E-state index < -0.39 is 0 Å². The van der Waals surface area contributed by atoms with Gasteiger partial charge >= 0.3 is 0 Å². The van der Waals surface area contributed by atoms with Crippen molar-refractivity contribution in [2.75, 3.05) is 0 Å². The Morgan fingerprint density at radius 2 is 1.94 bits per heavy atom. The smallest absolute Gasteiger partial charge is 0.0597 e. The van der Waals surface area contributed by atoms with Crippen molar-refractivity contribution >= 4 is 22.6 Å². The third-order valence-corrected chi connectivity index (χ3v) is 3.37. The Kier molecular flexibility index (Phi) is 4.17. The molecule has 1 aromatic carbocycles. The maximum Gasteiger partial charge on any atom is 0.0597 e. The van der Waals surface area contributed by atoms with Gasteiger partial charge in [0.15, 0.2) is 0 Å². The minimum absolute atomic E-state index is 0.851. The number of nitrogens with zero attached hydrogens (tertiary/aromatic N) is 2. The van der Waals surface area contributed by atoms with Gasteiger partial charge in [-0.05, 0) is 53.3 Å². The van der Waals surface area contributed by atoms with Crippen molar-refractivity contribution < 1.29 is 0 Å². The number of rotatable bonds is 4. The number of hydrogen-bond donors (Lipinski definition) is 1. The van der Waals surface area contributed by atoms with Gasteiger partial charge in [0.25, 0.3) is 0 Å². The first kappa shape index (κ1) is 12.6. The summed E-state index contributed by atoms with van der Waals surface area (Å²) in [6.45, 7) is 3.76. The van der Waals surface area contributed by atoms with E-state index in [0.717, 1.165) is 18.8 Å². The highest BCUT2D eigenvalue weighted by atomic mass is 127. The third-order valence-electron chi connectivity index (χ3n) is 2.65. The maximum absolute atomic E-state index is 4.32. The number of benzene rings is 1. The molecule has 1 aromatic heterocycles. The molecule has 1 N–H and O–H groups in total. The monoisotopic (exact) mass is 341 g/mol. The second-order valence-corrected chi connectivity index (χ2v) is 5.38. The summed E-state index contributed by atoms with van der Waals surface area (Å²) < 4.78 is 3.20. The van der Waals surface area contributed by atoms with Crippen LogP contribution in [0.4, 0.5) is 0 Å². The van der Waals surface area contributed by atoms with Gasteiger partial charge in [0, 0.05) is 23.7 Å². The highest BCUT2D eigenvalue weighted by Gasteiger charge is 2.01. The van der Waals surface area contributed by atoms with Crippen LogP contribution in [0.3, 0.4) is 0 Å². The van der Waals surface area contributed by atoms with Crippen molar-refractivity contribution in [1.29, 1.82) is 0 Å². The van der Waals surface area contributed by atoms with Crippen LogP contribution in [-0.2, 0) is 20.1 Å². The van der Waals surface area contributed by atoms with Crippen LogP contribution < -0.4 is 5.32 Å². The Hall–Kier alpha value is -0.880. The Balaban J connectivity index is 1.87. The van der Waals surface area contributed by atoms with Gasteiger partial charge in [-0.15, -0.1) is 0 Å². The molecule has 0 bridgehead atoms. The predicted octanol–water partition coefficient (Wildman–Crippen LogP) is 2.62. The first-order chi connectivity index (χ1) is 8.15. The number of hydrogen-bond acceptors (Lipinski definition) is 2. The van der Waals surface area contributed by atoms with E-state index in [0.29, 0.717) is 0 Å². The summed E-state index contributed by atoms with van der Waals surface area (Å²) in [5.74, 6) is 0. The Morgan fingerprint density at radius 3 is 2.53 bits per heavy atom. The third kappa shape index (κ3) is 3.54. The van der Waals surface area contributed by atoms with Crippen molar-refractivity contribution in [2.45, 2.75) is 20.0 Å². The van der Waals surface area contributed by atoms with Crippen LogP contribution in [0.5, 0.6) is 0 Å². The van der Waals surface area contributed by atoms with Crippen LogP contribution in [0, 0.1) is 10.5 Å². The average molecular weight is 341 g/mol. The van der Waals surface area contributed by atoms with Gasteiger partial charge in [-0.25, -0.2) is 0 Å². The molecule has 0 saturated carbocycles. The number of halogens is 1. The van der Waals surface area contributed by atoms with Gasteiger partial charge in [-0.3, -0.25) is 4.68 Å². The molecule has 17 heavy (non-hydrogen) atoms. The Labute approximate surface area is 115 Å². The topological polar surface area (TPSA) is 29.9 Å². The first-order valence-corrected chi connectivity index (χ1v) is 6.68. The lowest BCUT2D eigenvalue weighted by atomic mass is 10.2. The number of nitrogens with one attached hydrogen (secondary N) is 1. The van der Waals surface area contributed by atoms with Crippen molar-refractivity contribution in [3.63, 3.8) is 0 Å². The van der Waals surface area contributed by atoms with E-state index >= 15 is 0 Å². The zero-order valence-electron chi connectivity index (χ0n) is 10.1. The van der Waals surface area contributed by atoms with Gasteiger partial charge in [0.2, 0.25) is 0 Å². The first-order valence-electron chi connectivity index (χ1n) is 5.60. The molecule has 1 heterocycles. The lowest BCUT2D eigenvalue weighted by molar-refractivity contribution is 0.624. The average Bonchev–Trinajstić information content (AvgIpc) is 2.60. The van der Waals surface area contributed by atoms with Crippen molar-refractivity contribution in [2.24, 2.45) is 7.05 Å². The van der Waals surface area contributed by atoms with E-state index in [2.05, 4.69) is 63.3 Å². The standard InChI is InChI=1S/C13H16IN3/c1-10-7-13(17(2)16-10)9-15-8-11-3-5-12(14)6-4-11/h3-7,15H,8-9H2,1-2H3. The van der Waals surface area contributed by atoms with E-state index in [9.17, 15) is 0 Å². The largest absolute Gasteiger partial charge is 0.307 e. The fourth-order valence-electron chi connectivity index (χ4n) is 1.77. The molecule has 2 aromatic rings. The van der Waals surface area contributed by atoms with Crippen LogP contribution in [0.1, 0.15) is 17.0 Å². The van der Waals surface area contributed by atoms with E-state index in [1.165, 1.54) is 14.8 Å². The summed E-state index contributed by atoms with van der Waals surface area (Å²) in [5.41, 5.74) is 3.59. The summed E-state index contributed by atoms with van der Waals surface area (Å²) in [4.78, 5) is 0. The fraction of sp³-hybridized carbons (Fsp3) is 0.308. The molecule has 0 aliphatic carbocycles. The van der Waals surface area contributed by atoms with Gasteiger partial charge in [0.05, 0.1) is 11.4 Å². The molecule has 0 amide bonds. The minimum Gasteiger partial charge on any atom is -0.307 e. The molecule has 0 saturated heterocycles.